The summed E-state index contributed by atoms with van der Waals surface area (Å²) in [6.45, 7) is 8.30. The van der Waals surface area contributed by atoms with Crippen molar-refractivity contribution < 1.29 is 13.9 Å². The van der Waals surface area contributed by atoms with Gasteiger partial charge in [-0.1, -0.05) is 37.6 Å². The highest BCUT2D eigenvalue weighted by molar-refractivity contribution is 6.32. The number of nitrogens with two attached hydrogens (primary N) is 1. The van der Waals surface area contributed by atoms with Crippen molar-refractivity contribution in [2.24, 2.45) is 11.1 Å². The number of carbonyl (C=O) groups excluding carboxylic acids is 1. The number of carbonyl (C=O) groups is 1. The Hall–Kier alpha value is -4.15. The van der Waals surface area contributed by atoms with Crippen LogP contribution in [0.15, 0.2) is 77.4 Å². The first kappa shape index (κ1) is 27.4. The van der Waals surface area contributed by atoms with Gasteiger partial charge in [0.15, 0.2) is 10.9 Å². The van der Waals surface area contributed by atoms with Crippen LogP contribution in [0.5, 0.6) is 5.75 Å². The third-order valence-electron chi connectivity index (χ3n) is 7.60. The number of nitrogens with zero attached hydrogens (tertiary/aromatic N) is 3. The topological polar surface area (TPSA) is 92.2 Å². The predicted octanol–water partition coefficient (Wildman–Crippen LogP) is 7.01. The van der Waals surface area contributed by atoms with Crippen molar-refractivity contribution >= 4 is 23.1 Å². The Morgan fingerprint density at radius 1 is 1.18 bits per heavy atom. The lowest BCUT2D eigenvalue weighted by atomic mass is 9.68. The second-order valence-electron chi connectivity index (χ2n) is 11.2. The molecule has 1 atom stereocenters. The summed E-state index contributed by atoms with van der Waals surface area (Å²) in [7, 11) is 0. The number of allylic oxidation sites excluding steroid dienone is 3. The molecule has 2 heterocycles. The van der Waals surface area contributed by atoms with Gasteiger partial charge in [-0.2, -0.15) is 5.26 Å². The van der Waals surface area contributed by atoms with Gasteiger partial charge in [0.05, 0.1) is 23.2 Å². The first-order valence-electron chi connectivity index (χ1n) is 13.1. The lowest BCUT2D eigenvalue weighted by Crippen LogP contribution is -2.42. The highest BCUT2D eigenvalue weighted by atomic mass is 35.5. The molecule has 40 heavy (non-hydrogen) atoms. The molecule has 0 radical (unpaired) electrons. The molecule has 8 heteroatoms. The third kappa shape index (κ3) is 4.96. The molecule has 1 aliphatic heterocycles. The van der Waals surface area contributed by atoms with Crippen molar-refractivity contribution in [2.75, 3.05) is 4.90 Å². The molecule has 1 aromatic heterocycles. The molecule has 204 valence electrons. The van der Waals surface area contributed by atoms with Crippen LogP contribution in [-0.4, -0.2) is 10.8 Å². The Labute approximate surface area is 238 Å². The number of pyridine rings is 1. The number of hydrogen-bond acceptors (Lipinski definition) is 6. The molecule has 0 fully saturated rings. The van der Waals surface area contributed by atoms with Crippen LogP contribution in [0.4, 0.5) is 10.1 Å². The average Bonchev–Trinajstić information content (AvgIpc) is 2.89. The summed E-state index contributed by atoms with van der Waals surface area (Å²) >= 11 is 6.51. The van der Waals surface area contributed by atoms with Gasteiger partial charge in [0.2, 0.25) is 0 Å². The van der Waals surface area contributed by atoms with E-state index in [0.29, 0.717) is 29.9 Å². The predicted molar refractivity (Wildman–Crippen MR) is 153 cm³/mol. The minimum Gasteiger partial charge on any atom is -0.489 e. The number of ether oxygens (including phenoxy) is 1. The fourth-order valence-electron chi connectivity index (χ4n) is 5.71. The number of hydrogen-bond donors (Lipinski definition) is 1. The largest absolute Gasteiger partial charge is 0.489 e. The molecule has 1 unspecified atom stereocenters. The van der Waals surface area contributed by atoms with E-state index in [1.165, 1.54) is 12.1 Å². The Bertz CT molecular complexity index is 1620. The van der Waals surface area contributed by atoms with Crippen LogP contribution in [-0.2, 0) is 11.4 Å². The number of rotatable bonds is 5. The van der Waals surface area contributed by atoms with Crippen LogP contribution >= 0.6 is 11.6 Å². The number of ketones is 1. The summed E-state index contributed by atoms with van der Waals surface area (Å²) < 4.78 is 19.3. The van der Waals surface area contributed by atoms with Gasteiger partial charge in [0.25, 0.3) is 0 Å². The maximum Gasteiger partial charge on any atom is 0.162 e. The normalized spacial score (nSPS) is 18.5. The van der Waals surface area contributed by atoms with Crippen molar-refractivity contribution in [3.8, 4) is 11.8 Å². The Morgan fingerprint density at radius 2 is 1.90 bits per heavy atom. The molecule has 1 aliphatic carbocycles. The number of anilines is 1. The minimum absolute atomic E-state index is 0.0226. The monoisotopic (exact) mass is 556 g/mol. The van der Waals surface area contributed by atoms with Gasteiger partial charge in [-0.15, -0.1) is 0 Å². The maximum atomic E-state index is 13.9. The van der Waals surface area contributed by atoms with Crippen LogP contribution < -0.4 is 15.4 Å². The first-order valence-corrected chi connectivity index (χ1v) is 13.4. The van der Waals surface area contributed by atoms with E-state index in [-0.39, 0.29) is 40.2 Å². The van der Waals surface area contributed by atoms with Gasteiger partial charge < -0.3 is 10.5 Å². The number of Topliss-reactive ketones (excluding diaryl/α,β-unsaturated/α-hetero) is 1. The number of nitriles is 1. The van der Waals surface area contributed by atoms with E-state index in [1.54, 1.807) is 35.4 Å². The molecule has 2 N–H and O–H groups in total. The zero-order valence-corrected chi connectivity index (χ0v) is 23.6. The highest BCUT2D eigenvalue weighted by Crippen LogP contribution is 2.51. The Morgan fingerprint density at radius 3 is 2.58 bits per heavy atom. The standard InChI is InChI=1S/C32H30ClFN4O2/c1-18-12-19(2)23(13-20(18)17-40-22-9-7-21(34)8-10-22)28-24(16-35)31(36)38(25-6-5-11-37-30(25)33)26-14-32(3,4)15-27(39)29(26)28/h5-13,28H,14-15,17,36H2,1-4H3. The quantitative estimate of drug-likeness (QED) is 0.340. The summed E-state index contributed by atoms with van der Waals surface area (Å²) in [5.74, 6) is -0.221. The molecule has 0 bridgehead atoms. The van der Waals surface area contributed by atoms with E-state index in [2.05, 4.69) is 24.9 Å². The number of aromatic nitrogens is 1. The van der Waals surface area contributed by atoms with Crippen molar-refractivity contribution in [2.45, 2.75) is 53.1 Å². The van der Waals surface area contributed by atoms with E-state index in [1.807, 2.05) is 26.0 Å². The van der Waals surface area contributed by atoms with Crippen LogP contribution in [0.3, 0.4) is 0 Å². The van der Waals surface area contributed by atoms with Crippen LogP contribution in [0.1, 0.15) is 54.9 Å². The minimum atomic E-state index is -0.638. The first-order chi connectivity index (χ1) is 19.0. The highest BCUT2D eigenvalue weighted by Gasteiger charge is 2.45. The summed E-state index contributed by atoms with van der Waals surface area (Å²) in [6, 6.07) is 15.7. The molecule has 0 amide bonds. The smallest absolute Gasteiger partial charge is 0.162 e. The second kappa shape index (κ2) is 10.4. The molecule has 5 rings (SSSR count). The zero-order valence-electron chi connectivity index (χ0n) is 22.9. The van der Waals surface area contributed by atoms with Gasteiger partial charge in [-0.3, -0.25) is 9.69 Å². The van der Waals surface area contributed by atoms with Gasteiger partial charge in [0, 0.05) is 23.9 Å². The van der Waals surface area contributed by atoms with Crippen LogP contribution in [0, 0.1) is 36.4 Å². The molecule has 2 aliphatic rings. The third-order valence-corrected chi connectivity index (χ3v) is 7.90. The summed E-state index contributed by atoms with van der Waals surface area (Å²) in [4.78, 5) is 19.9. The van der Waals surface area contributed by atoms with Gasteiger partial charge in [0.1, 0.15) is 24.0 Å². The molecule has 0 saturated heterocycles. The molecule has 2 aromatic carbocycles. The Kier molecular flexibility index (Phi) is 7.16. The summed E-state index contributed by atoms with van der Waals surface area (Å²) in [5, 5.41) is 10.7. The fourth-order valence-corrected chi connectivity index (χ4v) is 5.92. The second-order valence-corrected chi connectivity index (χ2v) is 11.5. The van der Waals surface area contributed by atoms with E-state index in [9.17, 15) is 14.4 Å². The lowest BCUT2D eigenvalue weighted by Gasteiger charge is -2.44. The summed E-state index contributed by atoms with van der Waals surface area (Å²) in [5.41, 5.74) is 12.2. The van der Waals surface area contributed by atoms with Crippen LogP contribution in [0.2, 0.25) is 5.15 Å². The molecule has 3 aromatic rings. The number of aryl methyl sites for hydroxylation is 2. The molecule has 0 spiro atoms. The van der Waals surface area contributed by atoms with E-state index < -0.39 is 5.92 Å². The summed E-state index contributed by atoms with van der Waals surface area (Å²) in [6.07, 6.45) is 2.50. The maximum absolute atomic E-state index is 13.9. The van der Waals surface area contributed by atoms with Crippen molar-refractivity contribution in [3.05, 3.63) is 111 Å². The zero-order chi connectivity index (χ0) is 28.8. The fraction of sp³-hybridized carbons (Fsp3) is 0.281. The molecule has 0 saturated carbocycles. The van der Waals surface area contributed by atoms with Gasteiger partial charge in [-0.25, -0.2) is 9.37 Å². The van der Waals surface area contributed by atoms with E-state index in [4.69, 9.17) is 22.1 Å². The Balaban J connectivity index is 1.67. The van der Waals surface area contributed by atoms with E-state index in [0.717, 1.165) is 28.0 Å². The molecular formula is C32H30ClFN4O2. The molecule has 6 nitrogen and oxygen atoms in total. The number of halogens is 2. The average molecular weight is 557 g/mol. The number of benzene rings is 2. The lowest BCUT2D eigenvalue weighted by molar-refractivity contribution is -0.118. The van der Waals surface area contributed by atoms with Crippen molar-refractivity contribution in [1.82, 2.24) is 4.98 Å². The van der Waals surface area contributed by atoms with E-state index >= 15 is 0 Å². The SMILES string of the molecule is Cc1cc(C)c(C2C(C#N)=C(N)N(c3cccnc3Cl)C3=C2C(=O)CC(C)(C)C3)cc1COc1ccc(F)cc1. The van der Waals surface area contributed by atoms with Crippen LogP contribution in [0.25, 0.3) is 0 Å². The van der Waals surface area contributed by atoms with Gasteiger partial charge in [-0.05, 0) is 84.3 Å². The van der Waals surface area contributed by atoms with Crippen molar-refractivity contribution in [3.63, 3.8) is 0 Å². The van der Waals surface area contributed by atoms with Gasteiger partial charge >= 0.3 is 0 Å². The van der Waals surface area contributed by atoms with Crippen molar-refractivity contribution in [1.29, 1.82) is 5.26 Å². The molecular weight excluding hydrogens is 527 g/mol.